The highest BCUT2D eigenvalue weighted by molar-refractivity contribution is 5.85. The zero-order chi connectivity index (χ0) is 18.6. The second kappa shape index (κ2) is 7.41. The molecule has 0 amide bonds. The third kappa shape index (κ3) is 3.57. The van der Waals surface area contributed by atoms with Crippen LogP contribution < -0.4 is 10.1 Å². The molecule has 2 aromatic heterocycles. The SMILES string of the molecule is CCOc1ccccc1Nc1nc(C)nc2c1nnn2Cc1ccccc1. The Kier molecular flexibility index (Phi) is 4.65. The Bertz CT molecular complexity index is 1060. The van der Waals surface area contributed by atoms with E-state index in [4.69, 9.17) is 4.74 Å². The maximum Gasteiger partial charge on any atom is 0.184 e. The van der Waals surface area contributed by atoms with E-state index in [0.717, 1.165) is 17.0 Å². The molecule has 0 aliphatic carbocycles. The molecule has 0 fully saturated rings. The van der Waals surface area contributed by atoms with Crippen LogP contribution in [0.1, 0.15) is 18.3 Å². The van der Waals surface area contributed by atoms with E-state index >= 15 is 0 Å². The van der Waals surface area contributed by atoms with Gasteiger partial charge in [0.1, 0.15) is 11.6 Å². The molecule has 0 saturated carbocycles. The van der Waals surface area contributed by atoms with E-state index in [9.17, 15) is 0 Å². The van der Waals surface area contributed by atoms with Crippen molar-refractivity contribution in [2.24, 2.45) is 0 Å². The molecular weight excluding hydrogens is 340 g/mol. The van der Waals surface area contributed by atoms with Gasteiger partial charge < -0.3 is 10.1 Å². The quantitative estimate of drug-likeness (QED) is 0.565. The number of rotatable bonds is 6. The fraction of sp³-hybridized carbons (Fsp3) is 0.200. The summed E-state index contributed by atoms with van der Waals surface area (Å²) >= 11 is 0. The molecule has 0 spiro atoms. The first-order valence-electron chi connectivity index (χ1n) is 8.85. The smallest absolute Gasteiger partial charge is 0.184 e. The number of aryl methyl sites for hydroxylation is 1. The molecule has 4 rings (SSSR count). The predicted molar refractivity (Wildman–Crippen MR) is 104 cm³/mol. The number of aromatic nitrogens is 5. The van der Waals surface area contributed by atoms with Crippen molar-refractivity contribution < 1.29 is 4.74 Å². The van der Waals surface area contributed by atoms with Crippen LogP contribution in [0.25, 0.3) is 11.2 Å². The summed E-state index contributed by atoms with van der Waals surface area (Å²) in [6.45, 7) is 5.00. The molecule has 0 saturated heterocycles. The number of anilines is 2. The molecule has 0 unspecified atom stereocenters. The summed E-state index contributed by atoms with van der Waals surface area (Å²) in [6.07, 6.45) is 0. The van der Waals surface area contributed by atoms with Crippen LogP contribution in [0.4, 0.5) is 11.5 Å². The van der Waals surface area contributed by atoms with Gasteiger partial charge in [-0.05, 0) is 31.5 Å². The molecule has 0 aliphatic heterocycles. The van der Waals surface area contributed by atoms with E-state index in [1.54, 1.807) is 4.68 Å². The Labute approximate surface area is 157 Å². The minimum absolute atomic E-state index is 0.587. The lowest BCUT2D eigenvalue weighted by atomic mass is 10.2. The van der Waals surface area contributed by atoms with Crippen molar-refractivity contribution in [1.82, 2.24) is 25.0 Å². The molecule has 27 heavy (non-hydrogen) atoms. The normalized spacial score (nSPS) is 10.9. The van der Waals surface area contributed by atoms with Gasteiger partial charge in [-0.15, -0.1) is 5.10 Å². The van der Waals surface area contributed by atoms with Crippen molar-refractivity contribution >= 4 is 22.7 Å². The summed E-state index contributed by atoms with van der Waals surface area (Å²) in [5, 5.41) is 11.9. The molecule has 7 heteroatoms. The lowest BCUT2D eigenvalue weighted by Gasteiger charge is -2.12. The standard InChI is InChI=1S/C20H20N6O/c1-3-27-17-12-8-7-11-16(17)23-19-18-20(22-14(2)21-19)26(25-24-18)13-15-9-5-4-6-10-15/h4-12H,3,13H2,1-2H3,(H,21,22,23). The van der Waals surface area contributed by atoms with E-state index in [1.807, 2.05) is 56.3 Å². The number of para-hydroxylation sites is 2. The molecule has 0 radical (unpaired) electrons. The molecule has 0 aliphatic rings. The molecule has 0 bridgehead atoms. The van der Waals surface area contributed by atoms with E-state index in [0.29, 0.717) is 36.0 Å². The fourth-order valence-corrected chi connectivity index (χ4v) is 2.89. The van der Waals surface area contributed by atoms with Crippen molar-refractivity contribution in [3.63, 3.8) is 0 Å². The minimum atomic E-state index is 0.587. The van der Waals surface area contributed by atoms with Gasteiger partial charge in [0.05, 0.1) is 18.8 Å². The van der Waals surface area contributed by atoms with Crippen molar-refractivity contribution in [2.75, 3.05) is 11.9 Å². The van der Waals surface area contributed by atoms with Crippen molar-refractivity contribution in [1.29, 1.82) is 0 Å². The highest BCUT2D eigenvalue weighted by Gasteiger charge is 2.15. The number of hydrogen-bond donors (Lipinski definition) is 1. The molecule has 7 nitrogen and oxygen atoms in total. The summed E-state index contributed by atoms with van der Waals surface area (Å²) < 4.78 is 7.48. The summed E-state index contributed by atoms with van der Waals surface area (Å²) in [4.78, 5) is 9.07. The first-order chi connectivity index (χ1) is 13.2. The van der Waals surface area contributed by atoms with Crippen molar-refractivity contribution in [2.45, 2.75) is 20.4 Å². The first-order valence-corrected chi connectivity index (χ1v) is 8.85. The largest absolute Gasteiger partial charge is 0.492 e. The van der Waals surface area contributed by atoms with Gasteiger partial charge in [0.15, 0.2) is 17.0 Å². The Hall–Kier alpha value is -3.48. The van der Waals surface area contributed by atoms with E-state index in [2.05, 4.69) is 37.7 Å². The molecule has 4 aromatic rings. The lowest BCUT2D eigenvalue weighted by molar-refractivity contribution is 0.342. The Balaban J connectivity index is 1.72. The molecular formula is C20H20N6O. The average molecular weight is 360 g/mol. The van der Waals surface area contributed by atoms with Crippen LogP contribution >= 0.6 is 0 Å². The number of nitrogens with zero attached hydrogens (tertiary/aromatic N) is 5. The van der Waals surface area contributed by atoms with E-state index < -0.39 is 0 Å². The summed E-state index contributed by atoms with van der Waals surface area (Å²) in [7, 11) is 0. The summed E-state index contributed by atoms with van der Waals surface area (Å²) in [5.74, 6) is 2.03. The average Bonchev–Trinajstić information content (AvgIpc) is 3.07. The number of ether oxygens (including phenoxy) is 1. The van der Waals surface area contributed by atoms with Crippen LogP contribution in [0.2, 0.25) is 0 Å². The molecule has 136 valence electrons. The third-order valence-corrected chi connectivity index (χ3v) is 4.09. The van der Waals surface area contributed by atoms with Gasteiger partial charge in [0.25, 0.3) is 0 Å². The number of benzene rings is 2. The second-order valence-electron chi connectivity index (χ2n) is 6.08. The van der Waals surface area contributed by atoms with Gasteiger partial charge in [0, 0.05) is 0 Å². The Morgan fingerprint density at radius 2 is 1.78 bits per heavy atom. The van der Waals surface area contributed by atoms with Crippen LogP contribution in [0.3, 0.4) is 0 Å². The van der Waals surface area contributed by atoms with Crippen molar-refractivity contribution in [3.05, 3.63) is 66.0 Å². The topological polar surface area (TPSA) is 77.8 Å². The Morgan fingerprint density at radius 1 is 1.00 bits per heavy atom. The molecule has 0 atom stereocenters. The van der Waals surface area contributed by atoms with Gasteiger partial charge in [-0.3, -0.25) is 0 Å². The van der Waals surface area contributed by atoms with Gasteiger partial charge in [0.2, 0.25) is 0 Å². The summed E-state index contributed by atoms with van der Waals surface area (Å²) in [5.41, 5.74) is 3.29. The van der Waals surface area contributed by atoms with Gasteiger partial charge in [-0.2, -0.15) is 0 Å². The summed E-state index contributed by atoms with van der Waals surface area (Å²) in [6, 6.07) is 17.9. The highest BCUT2D eigenvalue weighted by Crippen LogP contribution is 2.29. The van der Waals surface area contributed by atoms with Crippen LogP contribution in [0, 0.1) is 6.92 Å². The number of nitrogens with one attached hydrogen (secondary N) is 1. The van der Waals surface area contributed by atoms with Gasteiger partial charge in [-0.25, -0.2) is 14.6 Å². The van der Waals surface area contributed by atoms with E-state index in [-0.39, 0.29) is 0 Å². The number of fused-ring (bicyclic) bond motifs is 1. The highest BCUT2D eigenvalue weighted by atomic mass is 16.5. The van der Waals surface area contributed by atoms with Crippen LogP contribution in [0.5, 0.6) is 5.75 Å². The van der Waals surface area contributed by atoms with Gasteiger partial charge in [-0.1, -0.05) is 47.7 Å². The maximum absolute atomic E-state index is 5.69. The van der Waals surface area contributed by atoms with Crippen LogP contribution in [0.15, 0.2) is 54.6 Å². The number of hydrogen-bond acceptors (Lipinski definition) is 6. The lowest BCUT2D eigenvalue weighted by Crippen LogP contribution is -2.05. The van der Waals surface area contributed by atoms with Crippen LogP contribution in [-0.4, -0.2) is 31.6 Å². The predicted octanol–water partition coefficient (Wildman–Crippen LogP) is 3.72. The maximum atomic E-state index is 5.69. The molecule has 2 heterocycles. The Morgan fingerprint density at radius 3 is 2.59 bits per heavy atom. The van der Waals surface area contributed by atoms with E-state index in [1.165, 1.54) is 0 Å². The zero-order valence-electron chi connectivity index (χ0n) is 15.3. The van der Waals surface area contributed by atoms with Crippen molar-refractivity contribution in [3.8, 4) is 5.75 Å². The molecule has 1 N–H and O–H groups in total. The zero-order valence-corrected chi connectivity index (χ0v) is 15.3. The fourth-order valence-electron chi connectivity index (χ4n) is 2.89. The van der Waals surface area contributed by atoms with Gasteiger partial charge >= 0.3 is 0 Å². The third-order valence-electron chi connectivity index (χ3n) is 4.09. The minimum Gasteiger partial charge on any atom is -0.492 e. The monoisotopic (exact) mass is 360 g/mol. The molecule has 2 aromatic carbocycles. The van der Waals surface area contributed by atoms with Crippen LogP contribution in [-0.2, 0) is 6.54 Å². The first kappa shape index (κ1) is 17.0. The second-order valence-corrected chi connectivity index (χ2v) is 6.08.